The van der Waals surface area contributed by atoms with Crippen LogP contribution in [-0.4, -0.2) is 29.5 Å². The molecule has 6 nitrogen and oxygen atoms in total. The summed E-state index contributed by atoms with van der Waals surface area (Å²) >= 11 is 0. The van der Waals surface area contributed by atoms with Gasteiger partial charge in [0.1, 0.15) is 6.07 Å². The van der Waals surface area contributed by atoms with Gasteiger partial charge in [0, 0.05) is 6.54 Å². The van der Waals surface area contributed by atoms with Crippen molar-refractivity contribution in [3.63, 3.8) is 0 Å². The van der Waals surface area contributed by atoms with Gasteiger partial charge in [0.15, 0.2) is 5.76 Å². The summed E-state index contributed by atoms with van der Waals surface area (Å²) in [7, 11) is 0. The summed E-state index contributed by atoms with van der Waals surface area (Å²) in [5.74, 6) is 1.21. The molecule has 3 heterocycles. The second kappa shape index (κ2) is 8.11. The molecular formula is C21H22N4O2. The molecule has 6 heteroatoms. The third kappa shape index (κ3) is 3.88. The van der Waals surface area contributed by atoms with E-state index in [1.54, 1.807) is 18.4 Å². The number of anilines is 1. The Kier molecular flexibility index (Phi) is 5.22. The molecule has 138 valence electrons. The molecule has 1 aromatic carbocycles. The summed E-state index contributed by atoms with van der Waals surface area (Å²) in [4.78, 5) is 6.74. The predicted molar refractivity (Wildman–Crippen MR) is 102 cm³/mol. The lowest BCUT2D eigenvalue weighted by atomic mass is 10.0. The zero-order valence-corrected chi connectivity index (χ0v) is 15.1. The van der Waals surface area contributed by atoms with Gasteiger partial charge >= 0.3 is 0 Å². The smallest absolute Gasteiger partial charge is 0.266 e. The maximum atomic E-state index is 9.41. The second-order valence-electron chi connectivity index (χ2n) is 6.69. The van der Waals surface area contributed by atoms with Crippen molar-refractivity contribution in [3.8, 4) is 17.7 Å². The Balaban J connectivity index is 1.55. The fourth-order valence-corrected chi connectivity index (χ4v) is 3.57. The number of nitrogens with one attached hydrogen (secondary N) is 1. The Morgan fingerprint density at radius 3 is 2.63 bits per heavy atom. The van der Waals surface area contributed by atoms with Crippen LogP contribution in [0.25, 0.3) is 11.7 Å². The zero-order chi connectivity index (χ0) is 18.5. The van der Waals surface area contributed by atoms with Gasteiger partial charge in [-0.15, -0.1) is 0 Å². The van der Waals surface area contributed by atoms with Gasteiger partial charge in [0.25, 0.3) is 5.89 Å². The average Bonchev–Trinajstić information content (AvgIpc) is 3.39. The van der Waals surface area contributed by atoms with Crippen LogP contribution in [0.1, 0.15) is 36.6 Å². The maximum Gasteiger partial charge on any atom is 0.266 e. The molecule has 1 saturated heterocycles. The molecule has 0 radical (unpaired) electrons. The molecule has 0 bridgehead atoms. The highest BCUT2D eigenvalue weighted by Gasteiger charge is 2.24. The molecule has 3 aromatic rings. The van der Waals surface area contributed by atoms with Crippen molar-refractivity contribution in [2.45, 2.75) is 25.3 Å². The molecule has 0 aliphatic carbocycles. The number of nitrogens with zero attached hydrogens (tertiary/aromatic N) is 3. The Hall–Kier alpha value is -3.04. The molecule has 4 rings (SSSR count). The summed E-state index contributed by atoms with van der Waals surface area (Å²) in [5, 5.41) is 12.7. The minimum absolute atomic E-state index is 0.218. The van der Waals surface area contributed by atoms with Gasteiger partial charge in [-0.2, -0.15) is 10.2 Å². The normalized spacial score (nSPS) is 16.0. The van der Waals surface area contributed by atoms with E-state index in [0.29, 0.717) is 24.1 Å². The van der Waals surface area contributed by atoms with E-state index in [9.17, 15) is 5.26 Å². The summed E-state index contributed by atoms with van der Waals surface area (Å²) in [6, 6.07) is 16.3. The van der Waals surface area contributed by atoms with E-state index in [-0.39, 0.29) is 11.7 Å². The van der Waals surface area contributed by atoms with Crippen molar-refractivity contribution in [2.75, 3.05) is 25.0 Å². The van der Waals surface area contributed by atoms with E-state index in [4.69, 9.17) is 8.83 Å². The van der Waals surface area contributed by atoms with Crippen LogP contribution in [0.15, 0.2) is 57.6 Å². The molecule has 27 heavy (non-hydrogen) atoms. The highest BCUT2D eigenvalue weighted by atomic mass is 16.4. The molecule has 0 amide bonds. The number of hydrogen-bond donors (Lipinski definition) is 1. The monoisotopic (exact) mass is 362 g/mol. The quantitative estimate of drug-likeness (QED) is 0.698. The minimum atomic E-state index is 0.218. The van der Waals surface area contributed by atoms with Crippen LogP contribution in [0, 0.1) is 11.3 Å². The molecule has 0 saturated carbocycles. The lowest BCUT2D eigenvalue weighted by Gasteiger charge is -2.35. The Labute approximate surface area is 158 Å². The van der Waals surface area contributed by atoms with Crippen LogP contribution >= 0.6 is 0 Å². The fourth-order valence-electron chi connectivity index (χ4n) is 3.57. The Bertz CT molecular complexity index is 890. The van der Waals surface area contributed by atoms with Gasteiger partial charge in [-0.05, 0) is 43.6 Å². The average molecular weight is 362 g/mol. The molecule has 1 N–H and O–H groups in total. The van der Waals surface area contributed by atoms with E-state index in [1.165, 1.54) is 24.8 Å². The standard InChI is InChI=1S/C21H22N4O2/c22-14-17-20(27-21(24-17)19-10-7-13-26-19)23-15-18(16-8-3-1-4-9-16)25-11-5-2-6-12-25/h1,3-4,7-10,13,18,23H,2,5-6,11-12,15H2/t18-/m1/s1. The zero-order valence-electron chi connectivity index (χ0n) is 15.1. The number of rotatable bonds is 6. The first-order valence-corrected chi connectivity index (χ1v) is 9.33. The van der Waals surface area contributed by atoms with Crippen LogP contribution in [0.5, 0.6) is 0 Å². The van der Waals surface area contributed by atoms with Crippen molar-refractivity contribution in [2.24, 2.45) is 0 Å². The lowest BCUT2D eigenvalue weighted by Crippen LogP contribution is -2.37. The first kappa shape index (κ1) is 17.4. The van der Waals surface area contributed by atoms with Crippen LogP contribution < -0.4 is 5.32 Å². The number of piperidine rings is 1. The predicted octanol–water partition coefficient (Wildman–Crippen LogP) is 4.45. The second-order valence-corrected chi connectivity index (χ2v) is 6.69. The number of nitriles is 1. The molecule has 1 aliphatic heterocycles. The van der Waals surface area contributed by atoms with Crippen molar-refractivity contribution in [1.82, 2.24) is 9.88 Å². The molecule has 1 aliphatic rings. The van der Waals surface area contributed by atoms with Crippen LogP contribution in [0.2, 0.25) is 0 Å². The number of oxazole rings is 1. The van der Waals surface area contributed by atoms with E-state index in [1.807, 2.05) is 6.07 Å². The highest BCUT2D eigenvalue weighted by Crippen LogP contribution is 2.28. The Morgan fingerprint density at radius 2 is 1.93 bits per heavy atom. The SMILES string of the molecule is N#Cc1nc(-c2ccco2)oc1NC[C@H](c1ccccc1)N1CCCCC1. The van der Waals surface area contributed by atoms with Crippen molar-refractivity contribution in [1.29, 1.82) is 5.26 Å². The topological polar surface area (TPSA) is 78.2 Å². The maximum absolute atomic E-state index is 9.41. The van der Waals surface area contributed by atoms with Gasteiger partial charge in [0.05, 0.1) is 12.3 Å². The van der Waals surface area contributed by atoms with Crippen molar-refractivity contribution >= 4 is 5.88 Å². The molecule has 0 spiro atoms. The van der Waals surface area contributed by atoms with E-state index >= 15 is 0 Å². The first-order valence-electron chi connectivity index (χ1n) is 9.33. The molecular weight excluding hydrogens is 340 g/mol. The summed E-state index contributed by atoms with van der Waals surface area (Å²) in [6.45, 7) is 2.81. The number of aromatic nitrogens is 1. The summed E-state index contributed by atoms with van der Waals surface area (Å²) in [5.41, 5.74) is 1.50. The van der Waals surface area contributed by atoms with Crippen LogP contribution in [-0.2, 0) is 0 Å². The molecule has 1 atom stereocenters. The highest BCUT2D eigenvalue weighted by molar-refractivity contribution is 5.54. The minimum Gasteiger partial charge on any atom is -0.459 e. The largest absolute Gasteiger partial charge is 0.459 e. The number of benzene rings is 1. The van der Waals surface area contributed by atoms with Crippen LogP contribution in [0.4, 0.5) is 5.88 Å². The van der Waals surface area contributed by atoms with Crippen molar-refractivity contribution in [3.05, 3.63) is 60.0 Å². The van der Waals surface area contributed by atoms with Gasteiger partial charge in [-0.25, -0.2) is 0 Å². The first-order chi connectivity index (χ1) is 13.3. The third-order valence-corrected chi connectivity index (χ3v) is 4.94. The van der Waals surface area contributed by atoms with Gasteiger partial charge in [-0.1, -0.05) is 36.8 Å². The fraction of sp³-hybridized carbons (Fsp3) is 0.333. The van der Waals surface area contributed by atoms with E-state index in [0.717, 1.165) is 13.1 Å². The summed E-state index contributed by atoms with van der Waals surface area (Å²) in [6.07, 6.45) is 5.29. The molecule has 0 unspecified atom stereocenters. The molecule has 2 aromatic heterocycles. The van der Waals surface area contributed by atoms with E-state index in [2.05, 4.69) is 45.5 Å². The lowest BCUT2D eigenvalue weighted by molar-refractivity contribution is 0.170. The molecule has 1 fully saturated rings. The van der Waals surface area contributed by atoms with E-state index < -0.39 is 0 Å². The Morgan fingerprint density at radius 1 is 1.11 bits per heavy atom. The third-order valence-electron chi connectivity index (χ3n) is 4.94. The van der Waals surface area contributed by atoms with Gasteiger partial charge in [-0.3, -0.25) is 4.90 Å². The summed E-state index contributed by atoms with van der Waals surface area (Å²) < 4.78 is 11.1. The number of furan rings is 1. The number of likely N-dealkylation sites (tertiary alicyclic amines) is 1. The number of hydrogen-bond acceptors (Lipinski definition) is 6. The van der Waals surface area contributed by atoms with Gasteiger partial charge in [0.2, 0.25) is 11.6 Å². The van der Waals surface area contributed by atoms with Crippen LogP contribution in [0.3, 0.4) is 0 Å². The van der Waals surface area contributed by atoms with Crippen molar-refractivity contribution < 1.29 is 8.83 Å². The van der Waals surface area contributed by atoms with Gasteiger partial charge < -0.3 is 14.2 Å².